The van der Waals surface area contributed by atoms with Crippen molar-refractivity contribution in [2.45, 2.75) is 114 Å². The Bertz CT molecular complexity index is 1490. The van der Waals surface area contributed by atoms with E-state index in [4.69, 9.17) is 0 Å². The molecule has 48 heavy (non-hydrogen) atoms. The number of likely N-dealkylation sites (tertiary alicyclic amines) is 1. The second-order valence-electron chi connectivity index (χ2n) is 15.4. The highest BCUT2D eigenvalue weighted by molar-refractivity contribution is 7.92. The van der Waals surface area contributed by atoms with E-state index in [-0.39, 0.29) is 25.4 Å². The number of rotatable bonds is 13. The number of sulfone groups is 1. The highest BCUT2D eigenvalue weighted by atomic mass is 32.2. The molecule has 1 aromatic heterocycles. The molecule has 2 heterocycles. The number of carbonyl (C=O) groups is 3. The molecule has 1 aliphatic heterocycles. The van der Waals surface area contributed by atoms with Gasteiger partial charge in [-0.1, -0.05) is 49.6 Å². The van der Waals surface area contributed by atoms with Crippen LogP contribution in [-0.2, 0) is 37.2 Å². The van der Waals surface area contributed by atoms with Gasteiger partial charge in [-0.3, -0.25) is 19.3 Å². The van der Waals surface area contributed by atoms with Crippen molar-refractivity contribution in [1.82, 2.24) is 25.4 Å². The van der Waals surface area contributed by atoms with Crippen molar-refractivity contribution in [2.24, 2.45) is 11.8 Å². The molecule has 2 fully saturated rings. The number of aliphatic hydroxyl groups is 1. The van der Waals surface area contributed by atoms with Crippen molar-refractivity contribution in [1.29, 1.82) is 0 Å². The molecule has 3 amide bonds. The minimum atomic E-state index is -3.83. The zero-order chi connectivity index (χ0) is 35.3. The first kappa shape index (κ1) is 37.6. The van der Waals surface area contributed by atoms with Crippen molar-refractivity contribution < 1.29 is 27.9 Å². The number of aliphatic hydroxyl groups excluding tert-OH is 1. The highest BCUT2D eigenvalue weighted by Gasteiger charge is 2.46. The fraction of sp³-hybridized carbons (Fsp3) is 0.639. The van der Waals surface area contributed by atoms with Crippen LogP contribution in [0.2, 0.25) is 0 Å². The summed E-state index contributed by atoms with van der Waals surface area (Å²) in [5.41, 5.74) is 0.451. The molecule has 2 unspecified atom stereocenters. The monoisotopic (exact) mass is 685 g/mol. The van der Waals surface area contributed by atoms with E-state index in [0.29, 0.717) is 24.8 Å². The smallest absolute Gasteiger partial charge is 0.244 e. The van der Waals surface area contributed by atoms with Crippen molar-refractivity contribution in [2.75, 3.05) is 19.3 Å². The SMILES string of the molecule is CC(C)(C)NC(=O)[C@@H]1CC2CCCCC2CN1C[C@@H](O)[C@H](Cc1ccccc1)NC(=O)[C@@H](NC(=O)Cn1cccc1)C(C)(C)S(C)(=O)=O. The maximum atomic E-state index is 14.1. The summed E-state index contributed by atoms with van der Waals surface area (Å²) in [6, 6.07) is 10.3. The van der Waals surface area contributed by atoms with Crippen molar-refractivity contribution in [3.8, 4) is 0 Å². The van der Waals surface area contributed by atoms with Crippen LogP contribution in [0.1, 0.15) is 72.3 Å². The third-order valence-corrected chi connectivity index (χ3v) is 12.2. The first-order chi connectivity index (χ1) is 22.4. The fourth-order valence-electron chi connectivity index (χ4n) is 7.03. The number of hydrogen-bond donors (Lipinski definition) is 4. The zero-order valence-corrected chi connectivity index (χ0v) is 30.1. The summed E-state index contributed by atoms with van der Waals surface area (Å²) in [5, 5.41) is 20.6. The third kappa shape index (κ3) is 9.92. The molecule has 266 valence electrons. The summed E-state index contributed by atoms with van der Waals surface area (Å²) < 4.78 is 25.9. The number of amides is 3. The van der Waals surface area contributed by atoms with E-state index < -0.39 is 56.2 Å². The van der Waals surface area contributed by atoms with E-state index >= 15 is 0 Å². The molecule has 2 aliphatic rings. The molecule has 1 saturated heterocycles. The van der Waals surface area contributed by atoms with Gasteiger partial charge >= 0.3 is 0 Å². The van der Waals surface area contributed by atoms with Gasteiger partial charge in [0.05, 0.1) is 22.9 Å². The Balaban J connectivity index is 1.60. The Morgan fingerprint density at radius 3 is 2.17 bits per heavy atom. The minimum absolute atomic E-state index is 0.0669. The molecular formula is C36H55N5O6S. The number of piperidine rings is 1. The van der Waals surface area contributed by atoms with E-state index in [1.54, 1.807) is 29.1 Å². The summed E-state index contributed by atoms with van der Waals surface area (Å²) in [7, 11) is -3.83. The molecule has 0 radical (unpaired) electrons. The summed E-state index contributed by atoms with van der Waals surface area (Å²) in [6.07, 6.45) is 8.81. The van der Waals surface area contributed by atoms with Gasteiger partial charge in [-0.25, -0.2) is 8.42 Å². The maximum absolute atomic E-state index is 14.1. The van der Waals surface area contributed by atoms with Gasteiger partial charge in [0.25, 0.3) is 0 Å². The van der Waals surface area contributed by atoms with Gasteiger partial charge in [-0.15, -0.1) is 0 Å². The van der Waals surface area contributed by atoms with Crippen LogP contribution in [0.4, 0.5) is 0 Å². The van der Waals surface area contributed by atoms with Gasteiger partial charge < -0.3 is 25.6 Å². The number of aromatic nitrogens is 1. The van der Waals surface area contributed by atoms with Crippen LogP contribution in [0.15, 0.2) is 54.9 Å². The molecule has 4 N–H and O–H groups in total. The van der Waals surface area contributed by atoms with Gasteiger partial charge in [-0.05, 0) is 83.4 Å². The topological polar surface area (TPSA) is 150 Å². The lowest BCUT2D eigenvalue weighted by atomic mass is 9.72. The number of nitrogens with one attached hydrogen (secondary N) is 3. The van der Waals surface area contributed by atoms with Gasteiger partial charge in [0, 0.05) is 37.3 Å². The van der Waals surface area contributed by atoms with E-state index in [9.17, 15) is 27.9 Å². The lowest BCUT2D eigenvalue weighted by Gasteiger charge is -2.47. The van der Waals surface area contributed by atoms with E-state index in [1.807, 2.05) is 51.1 Å². The molecule has 0 bridgehead atoms. The van der Waals surface area contributed by atoms with E-state index in [1.165, 1.54) is 13.8 Å². The fourth-order valence-corrected chi connectivity index (χ4v) is 7.62. The Morgan fingerprint density at radius 2 is 1.56 bits per heavy atom. The highest BCUT2D eigenvalue weighted by Crippen LogP contribution is 2.39. The molecular weight excluding hydrogens is 630 g/mol. The Labute approximate surface area is 286 Å². The van der Waals surface area contributed by atoms with Gasteiger partial charge in [-0.2, -0.15) is 0 Å². The number of fused-ring (bicyclic) bond motifs is 1. The average molecular weight is 686 g/mol. The van der Waals surface area contributed by atoms with Crippen LogP contribution in [-0.4, -0.2) is 94.6 Å². The van der Waals surface area contributed by atoms with E-state index in [2.05, 4.69) is 20.9 Å². The summed E-state index contributed by atoms with van der Waals surface area (Å²) in [4.78, 5) is 42.9. The molecule has 11 nitrogen and oxygen atoms in total. The number of hydrogen-bond acceptors (Lipinski definition) is 7. The average Bonchev–Trinajstić information content (AvgIpc) is 3.51. The van der Waals surface area contributed by atoms with Crippen LogP contribution in [0, 0.1) is 11.8 Å². The number of nitrogens with zero attached hydrogens (tertiary/aromatic N) is 2. The molecule has 2 aromatic rings. The Hall–Kier alpha value is -3.22. The molecule has 1 saturated carbocycles. The minimum Gasteiger partial charge on any atom is -0.390 e. The molecule has 12 heteroatoms. The Kier molecular flexibility index (Phi) is 12.2. The predicted octanol–water partition coefficient (Wildman–Crippen LogP) is 2.68. The van der Waals surface area contributed by atoms with Crippen LogP contribution < -0.4 is 16.0 Å². The van der Waals surface area contributed by atoms with Gasteiger partial charge in [0.2, 0.25) is 17.7 Å². The summed E-state index contributed by atoms with van der Waals surface area (Å²) >= 11 is 0. The zero-order valence-electron chi connectivity index (χ0n) is 29.3. The van der Waals surface area contributed by atoms with Crippen molar-refractivity contribution in [3.05, 3.63) is 60.4 Å². The number of β-amino-alcohol motifs (C(OH)–C–C–N with tert-alkyl or cyclic N) is 1. The van der Waals surface area contributed by atoms with Crippen LogP contribution in [0.5, 0.6) is 0 Å². The third-order valence-electron chi connectivity index (χ3n) is 10.0. The van der Waals surface area contributed by atoms with E-state index in [0.717, 1.165) is 37.5 Å². The summed E-state index contributed by atoms with van der Waals surface area (Å²) in [6.45, 7) is 9.41. The molecule has 6 atom stereocenters. The van der Waals surface area contributed by atoms with Crippen LogP contribution >= 0.6 is 0 Å². The lowest BCUT2D eigenvalue weighted by molar-refractivity contribution is -0.133. The lowest BCUT2D eigenvalue weighted by Crippen LogP contribution is -2.64. The van der Waals surface area contributed by atoms with Gasteiger partial charge in [0.1, 0.15) is 12.6 Å². The van der Waals surface area contributed by atoms with Crippen LogP contribution in [0.25, 0.3) is 0 Å². The van der Waals surface area contributed by atoms with Crippen molar-refractivity contribution in [3.63, 3.8) is 0 Å². The van der Waals surface area contributed by atoms with Gasteiger partial charge in [0.15, 0.2) is 9.84 Å². The summed E-state index contributed by atoms with van der Waals surface area (Å²) in [5.74, 6) is -0.410. The second kappa shape index (κ2) is 15.6. The molecule has 1 aliphatic carbocycles. The first-order valence-electron chi connectivity index (χ1n) is 17.1. The number of benzene rings is 1. The second-order valence-corrected chi connectivity index (χ2v) is 17.9. The maximum Gasteiger partial charge on any atom is 0.244 e. The molecule has 4 rings (SSSR count). The standard InChI is InChI=1S/C36H55N5O6S/c1-35(2,3)39-33(44)29-21-26-16-10-11-17-27(26)22-41(29)23-30(42)28(20-25-14-8-7-9-15-25)37-34(45)32(36(4,5)48(6,46)47)38-31(43)24-40-18-12-13-19-40/h7-9,12-15,18-19,26-30,32,42H,10-11,16-17,20-24H2,1-6H3,(H,37,45)(H,38,43)(H,39,44)/t26?,27?,28-,29-,30+,32+/m0/s1. The molecule has 1 aromatic carbocycles. The van der Waals surface area contributed by atoms with Crippen molar-refractivity contribution >= 4 is 27.6 Å². The van der Waals surface area contributed by atoms with Crippen LogP contribution in [0.3, 0.4) is 0 Å². The Morgan fingerprint density at radius 1 is 0.938 bits per heavy atom. The quantitative estimate of drug-likeness (QED) is 0.253. The number of carbonyl (C=O) groups excluding carboxylic acids is 3. The normalized spacial score (nSPS) is 22.5. The first-order valence-corrected chi connectivity index (χ1v) is 19.0. The molecule has 0 spiro atoms. The largest absolute Gasteiger partial charge is 0.390 e. The predicted molar refractivity (Wildman–Crippen MR) is 187 cm³/mol.